The zero-order valence-corrected chi connectivity index (χ0v) is 13.4. The van der Waals surface area contributed by atoms with Crippen LogP contribution in [0, 0.1) is 17.8 Å². The Bertz CT molecular complexity index is 577. The Balaban J connectivity index is 1.52. The SMILES string of the molecule is CS(=O)(=O)N1CC(CS(=O)(=O)N2CCC(C3CC3)C2)C1. The van der Waals surface area contributed by atoms with E-state index in [0.717, 1.165) is 12.3 Å². The Morgan fingerprint density at radius 1 is 0.900 bits per heavy atom. The zero-order chi connectivity index (χ0) is 14.5. The molecular weight excluding hydrogens is 300 g/mol. The minimum Gasteiger partial charge on any atom is -0.213 e. The average Bonchev–Trinajstić information content (AvgIpc) is 2.99. The van der Waals surface area contributed by atoms with Gasteiger partial charge in [-0.25, -0.2) is 25.4 Å². The Morgan fingerprint density at radius 2 is 1.55 bits per heavy atom. The summed E-state index contributed by atoms with van der Waals surface area (Å²) in [5.41, 5.74) is 0. The fourth-order valence-corrected chi connectivity index (χ4v) is 6.04. The molecule has 2 aliphatic heterocycles. The van der Waals surface area contributed by atoms with Crippen molar-refractivity contribution in [2.45, 2.75) is 19.3 Å². The van der Waals surface area contributed by atoms with Gasteiger partial charge in [-0.3, -0.25) is 0 Å². The van der Waals surface area contributed by atoms with Gasteiger partial charge in [-0.1, -0.05) is 0 Å². The van der Waals surface area contributed by atoms with Crippen molar-refractivity contribution in [2.24, 2.45) is 17.8 Å². The van der Waals surface area contributed by atoms with Crippen molar-refractivity contribution in [3.63, 3.8) is 0 Å². The smallest absolute Gasteiger partial charge is 0.213 e. The van der Waals surface area contributed by atoms with Gasteiger partial charge >= 0.3 is 0 Å². The second-order valence-electron chi connectivity index (χ2n) is 6.47. The predicted molar refractivity (Wildman–Crippen MR) is 76.1 cm³/mol. The molecule has 0 N–H and O–H groups in total. The maximum atomic E-state index is 12.3. The summed E-state index contributed by atoms with van der Waals surface area (Å²) in [5, 5.41) is 0. The lowest BCUT2D eigenvalue weighted by molar-refractivity contribution is 0.219. The molecular formula is C12H22N2O4S2. The van der Waals surface area contributed by atoms with Crippen LogP contribution in [-0.2, 0) is 20.0 Å². The van der Waals surface area contributed by atoms with Crippen LogP contribution < -0.4 is 0 Å². The molecule has 6 nitrogen and oxygen atoms in total. The lowest BCUT2D eigenvalue weighted by atomic mass is 10.0. The molecule has 3 rings (SSSR count). The summed E-state index contributed by atoms with van der Waals surface area (Å²) in [5.74, 6) is 1.35. The first-order chi connectivity index (χ1) is 9.25. The van der Waals surface area contributed by atoms with E-state index in [1.165, 1.54) is 23.4 Å². The van der Waals surface area contributed by atoms with Crippen LogP contribution in [0.5, 0.6) is 0 Å². The van der Waals surface area contributed by atoms with Crippen molar-refractivity contribution in [1.82, 2.24) is 8.61 Å². The van der Waals surface area contributed by atoms with E-state index in [0.29, 0.717) is 32.1 Å². The Kier molecular flexibility index (Phi) is 3.63. The average molecular weight is 322 g/mol. The van der Waals surface area contributed by atoms with Crippen LogP contribution in [0.1, 0.15) is 19.3 Å². The molecule has 3 fully saturated rings. The molecule has 1 unspecified atom stereocenters. The van der Waals surface area contributed by atoms with E-state index in [1.54, 1.807) is 4.31 Å². The summed E-state index contributed by atoms with van der Waals surface area (Å²) in [4.78, 5) is 0. The molecule has 0 aromatic carbocycles. The Labute approximate surface area is 121 Å². The lowest BCUT2D eigenvalue weighted by Crippen LogP contribution is -2.52. The molecule has 0 bridgehead atoms. The summed E-state index contributed by atoms with van der Waals surface area (Å²) in [6.45, 7) is 2.01. The fourth-order valence-electron chi connectivity index (χ4n) is 3.26. The first-order valence-electron chi connectivity index (χ1n) is 7.18. The van der Waals surface area contributed by atoms with Crippen molar-refractivity contribution in [2.75, 3.05) is 38.2 Å². The van der Waals surface area contributed by atoms with Gasteiger partial charge in [0, 0.05) is 32.1 Å². The van der Waals surface area contributed by atoms with Crippen LogP contribution >= 0.6 is 0 Å². The van der Waals surface area contributed by atoms with Gasteiger partial charge in [0.15, 0.2) is 0 Å². The second-order valence-corrected chi connectivity index (χ2v) is 10.5. The van der Waals surface area contributed by atoms with Crippen LogP contribution in [0.3, 0.4) is 0 Å². The van der Waals surface area contributed by atoms with Gasteiger partial charge in [-0.05, 0) is 31.1 Å². The minimum atomic E-state index is -3.22. The van der Waals surface area contributed by atoms with Crippen LogP contribution in [0.15, 0.2) is 0 Å². The third kappa shape index (κ3) is 3.03. The van der Waals surface area contributed by atoms with Crippen molar-refractivity contribution >= 4 is 20.0 Å². The third-order valence-electron chi connectivity index (χ3n) is 4.71. The standard InChI is InChI=1S/C12H22N2O4S2/c1-19(15,16)14-6-10(7-14)9-20(17,18)13-5-4-12(8-13)11-2-3-11/h10-12H,2-9H2,1H3. The van der Waals surface area contributed by atoms with Gasteiger partial charge < -0.3 is 0 Å². The highest BCUT2D eigenvalue weighted by Gasteiger charge is 2.42. The monoisotopic (exact) mass is 322 g/mol. The molecule has 0 radical (unpaired) electrons. The topological polar surface area (TPSA) is 74.8 Å². The Morgan fingerprint density at radius 3 is 2.10 bits per heavy atom. The molecule has 20 heavy (non-hydrogen) atoms. The molecule has 0 amide bonds. The van der Waals surface area contributed by atoms with Gasteiger partial charge in [-0.2, -0.15) is 0 Å². The first kappa shape index (κ1) is 14.7. The van der Waals surface area contributed by atoms with E-state index in [2.05, 4.69) is 0 Å². The normalized spacial score (nSPS) is 30.6. The molecule has 0 spiro atoms. The Hall–Kier alpha value is -0.180. The predicted octanol–water partition coefficient (Wildman–Crippen LogP) is -0.0605. The number of nitrogens with zero attached hydrogens (tertiary/aromatic N) is 2. The van der Waals surface area contributed by atoms with Crippen molar-refractivity contribution in [1.29, 1.82) is 0 Å². The molecule has 3 aliphatic rings. The number of rotatable bonds is 5. The number of sulfonamides is 2. The number of hydrogen-bond acceptors (Lipinski definition) is 4. The van der Waals surface area contributed by atoms with Crippen LogP contribution in [0.4, 0.5) is 0 Å². The molecule has 2 saturated heterocycles. The molecule has 8 heteroatoms. The maximum Gasteiger partial charge on any atom is 0.214 e. The number of hydrogen-bond donors (Lipinski definition) is 0. The van der Waals surface area contributed by atoms with E-state index in [1.807, 2.05) is 0 Å². The van der Waals surface area contributed by atoms with Gasteiger partial charge in [0.25, 0.3) is 0 Å². The summed E-state index contributed by atoms with van der Waals surface area (Å²) in [7, 11) is -6.38. The molecule has 1 atom stereocenters. The van der Waals surface area contributed by atoms with E-state index < -0.39 is 20.0 Å². The molecule has 116 valence electrons. The highest BCUT2D eigenvalue weighted by molar-refractivity contribution is 7.89. The van der Waals surface area contributed by atoms with Crippen molar-refractivity contribution in [3.05, 3.63) is 0 Å². The second kappa shape index (κ2) is 4.93. The quantitative estimate of drug-likeness (QED) is 0.711. The highest BCUT2D eigenvalue weighted by atomic mass is 32.2. The summed E-state index contributed by atoms with van der Waals surface area (Å²) in [6, 6.07) is 0. The van der Waals surface area contributed by atoms with Gasteiger partial charge in [0.1, 0.15) is 0 Å². The third-order valence-corrected chi connectivity index (χ3v) is 7.96. The summed E-state index contributed by atoms with van der Waals surface area (Å²) < 4.78 is 50.2. The lowest BCUT2D eigenvalue weighted by Gasteiger charge is -2.37. The van der Waals surface area contributed by atoms with E-state index in [4.69, 9.17) is 0 Å². The van der Waals surface area contributed by atoms with Crippen molar-refractivity contribution < 1.29 is 16.8 Å². The van der Waals surface area contributed by atoms with Gasteiger partial charge in [0.2, 0.25) is 20.0 Å². The molecule has 2 heterocycles. The maximum absolute atomic E-state index is 12.3. The molecule has 0 aromatic heterocycles. The minimum absolute atomic E-state index is 0.0466. The highest BCUT2D eigenvalue weighted by Crippen LogP contribution is 2.42. The van der Waals surface area contributed by atoms with Gasteiger partial charge in [-0.15, -0.1) is 0 Å². The molecule has 1 aliphatic carbocycles. The van der Waals surface area contributed by atoms with Crippen molar-refractivity contribution in [3.8, 4) is 0 Å². The first-order valence-corrected chi connectivity index (χ1v) is 10.6. The summed E-state index contributed by atoms with van der Waals surface area (Å²) in [6.07, 6.45) is 4.66. The van der Waals surface area contributed by atoms with Crippen LogP contribution in [-0.4, -0.2) is 63.6 Å². The molecule has 1 saturated carbocycles. The van der Waals surface area contributed by atoms with Gasteiger partial charge in [0.05, 0.1) is 12.0 Å². The van der Waals surface area contributed by atoms with Crippen LogP contribution in [0.2, 0.25) is 0 Å². The summed E-state index contributed by atoms with van der Waals surface area (Å²) >= 11 is 0. The van der Waals surface area contributed by atoms with Crippen LogP contribution in [0.25, 0.3) is 0 Å². The zero-order valence-electron chi connectivity index (χ0n) is 11.7. The van der Waals surface area contributed by atoms with E-state index >= 15 is 0 Å². The largest absolute Gasteiger partial charge is 0.214 e. The fraction of sp³-hybridized carbons (Fsp3) is 1.00. The van der Waals surface area contributed by atoms with E-state index in [-0.39, 0.29) is 11.7 Å². The van der Waals surface area contributed by atoms with E-state index in [9.17, 15) is 16.8 Å². The molecule has 0 aromatic rings.